The molecule has 0 radical (unpaired) electrons. The summed E-state index contributed by atoms with van der Waals surface area (Å²) in [5.74, 6) is -0.123. The number of amides is 1. The molecule has 0 saturated heterocycles. The van der Waals surface area contributed by atoms with Crippen molar-refractivity contribution in [1.82, 2.24) is 16.0 Å². The fourth-order valence-electron chi connectivity index (χ4n) is 0.997. The van der Waals surface area contributed by atoms with Crippen molar-refractivity contribution in [2.24, 2.45) is 0 Å². The summed E-state index contributed by atoms with van der Waals surface area (Å²) >= 11 is 0. The van der Waals surface area contributed by atoms with Crippen molar-refractivity contribution in [1.29, 1.82) is 0 Å². The summed E-state index contributed by atoms with van der Waals surface area (Å²) in [6.07, 6.45) is 1.21. The third kappa shape index (κ3) is 2.52. The molecule has 4 N–H and O–H groups in total. The molecule has 1 aliphatic rings. The van der Waals surface area contributed by atoms with Gasteiger partial charge in [0.05, 0.1) is 6.61 Å². The number of aliphatic hydroxyl groups is 1. The van der Waals surface area contributed by atoms with Gasteiger partial charge in [-0.3, -0.25) is 10.1 Å². The predicted molar refractivity (Wildman–Crippen MR) is 43.9 cm³/mol. The Morgan fingerprint density at radius 3 is 3.00 bits per heavy atom. The van der Waals surface area contributed by atoms with Gasteiger partial charge in [-0.15, -0.1) is 0 Å². The summed E-state index contributed by atoms with van der Waals surface area (Å²) in [4.78, 5) is 10.9. The molecule has 1 aliphatic heterocycles. The summed E-state index contributed by atoms with van der Waals surface area (Å²) in [7, 11) is 0. The van der Waals surface area contributed by atoms with Crippen LogP contribution in [0.5, 0.6) is 0 Å². The van der Waals surface area contributed by atoms with E-state index < -0.39 is 0 Å². The van der Waals surface area contributed by atoms with E-state index in [0.717, 1.165) is 5.70 Å². The first-order valence-corrected chi connectivity index (χ1v) is 3.82. The fraction of sp³-hybridized carbons (Fsp3) is 0.571. The molecule has 0 aliphatic carbocycles. The van der Waals surface area contributed by atoms with Crippen molar-refractivity contribution in [2.75, 3.05) is 13.2 Å². The zero-order valence-corrected chi connectivity index (χ0v) is 6.92. The lowest BCUT2D eigenvalue weighted by molar-refractivity contribution is -0.118. The zero-order chi connectivity index (χ0) is 8.97. The Hall–Kier alpha value is -1.07. The van der Waals surface area contributed by atoms with Crippen molar-refractivity contribution >= 4 is 5.91 Å². The number of carbonyl (C=O) groups excluding carboxylic acids is 1. The number of allylic oxidation sites excluding steroid dienone is 1. The first-order valence-electron chi connectivity index (χ1n) is 3.82. The summed E-state index contributed by atoms with van der Waals surface area (Å²) in [6, 6.07) is 0. The average molecular weight is 171 g/mol. The van der Waals surface area contributed by atoms with Gasteiger partial charge in [0, 0.05) is 18.3 Å². The third-order valence-electron chi connectivity index (χ3n) is 1.47. The Labute approximate surface area is 70.8 Å². The topological polar surface area (TPSA) is 73.4 Å². The van der Waals surface area contributed by atoms with Crippen LogP contribution in [0.25, 0.3) is 0 Å². The molecule has 0 fully saturated rings. The van der Waals surface area contributed by atoms with Crippen molar-refractivity contribution < 1.29 is 9.90 Å². The van der Waals surface area contributed by atoms with Gasteiger partial charge >= 0.3 is 0 Å². The molecule has 1 rings (SSSR count). The second-order valence-electron chi connectivity index (χ2n) is 2.59. The van der Waals surface area contributed by atoms with E-state index in [1.165, 1.54) is 6.08 Å². The Kier molecular flexibility index (Phi) is 3.07. The minimum atomic E-state index is -0.269. The highest BCUT2D eigenvalue weighted by Crippen LogP contribution is 1.93. The maximum atomic E-state index is 10.9. The van der Waals surface area contributed by atoms with Gasteiger partial charge in [0.2, 0.25) is 5.91 Å². The molecule has 0 aromatic heterocycles. The molecule has 5 heteroatoms. The minimum Gasteiger partial charge on any atom is -0.395 e. The van der Waals surface area contributed by atoms with E-state index in [4.69, 9.17) is 5.11 Å². The number of rotatable bonds is 3. The fourth-order valence-corrected chi connectivity index (χ4v) is 0.997. The van der Waals surface area contributed by atoms with Gasteiger partial charge in [0.1, 0.15) is 0 Å². The first-order chi connectivity index (χ1) is 5.72. The molecule has 0 aromatic rings. The van der Waals surface area contributed by atoms with Crippen molar-refractivity contribution in [3.8, 4) is 0 Å². The monoisotopic (exact) mass is 171 g/mol. The summed E-state index contributed by atoms with van der Waals surface area (Å²) < 4.78 is 0. The highest BCUT2D eigenvalue weighted by molar-refractivity contribution is 5.89. The molecule has 0 spiro atoms. The lowest BCUT2D eigenvalue weighted by Crippen LogP contribution is -2.56. The summed E-state index contributed by atoms with van der Waals surface area (Å²) in [5.41, 5.74) is 0.814. The van der Waals surface area contributed by atoms with Crippen LogP contribution in [0.1, 0.15) is 6.92 Å². The molecule has 0 saturated carbocycles. The van der Waals surface area contributed by atoms with E-state index in [2.05, 4.69) is 16.0 Å². The van der Waals surface area contributed by atoms with Gasteiger partial charge < -0.3 is 15.7 Å². The molecule has 1 heterocycles. The van der Waals surface area contributed by atoms with Gasteiger partial charge in [-0.25, -0.2) is 0 Å². The Bertz CT molecular complexity index is 203. The van der Waals surface area contributed by atoms with Crippen LogP contribution in [-0.4, -0.2) is 30.5 Å². The summed E-state index contributed by atoms with van der Waals surface area (Å²) in [5, 5.41) is 17.0. The molecular formula is C7H13N3O2. The van der Waals surface area contributed by atoms with E-state index in [-0.39, 0.29) is 18.8 Å². The van der Waals surface area contributed by atoms with E-state index >= 15 is 0 Å². The van der Waals surface area contributed by atoms with E-state index in [1.54, 1.807) is 0 Å². The molecule has 1 atom stereocenters. The lowest BCUT2D eigenvalue weighted by Gasteiger charge is -2.25. The van der Waals surface area contributed by atoms with E-state index in [9.17, 15) is 4.79 Å². The quantitative estimate of drug-likeness (QED) is 0.416. The standard InChI is InChI=1S/C7H13N3O2/c1-5-4-6(12)10-7(9-5)8-2-3-11/h4,7-9,11H,2-3H2,1H3,(H,10,12). The molecule has 0 bridgehead atoms. The molecule has 1 amide bonds. The molecule has 0 aromatic carbocycles. The SMILES string of the molecule is CC1=CC(=O)NC(NCCO)N1. The number of aliphatic hydroxyl groups excluding tert-OH is 1. The Morgan fingerprint density at radius 2 is 2.42 bits per heavy atom. The largest absolute Gasteiger partial charge is 0.395 e. The Morgan fingerprint density at radius 1 is 1.67 bits per heavy atom. The predicted octanol–water partition coefficient (Wildman–Crippen LogP) is -1.52. The van der Waals surface area contributed by atoms with Crippen LogP contribution in [-0.2, 0) is 4.79 Å². The maximum absolute atomic E-state index is 10.9. The molecule has 12 heavy (non-hydrogen) atoms. The van der Waals surface area contributed by atoms with Crippen LogP contribution in [0.3, 0.4) is 0 Å². The van der Waals surface area contributed by atoms with Crippen LogP contribution < -0.4 is 16.0 Å². The van der Waals surface area contributed by atoms with E-state index in [1.807, 2.05) is 6.92 Å². The Balaban J connectivity index is 2.39. The van der Waals surface area contributed by atoms with Crippen LogP contribution in [0, 0.1) is 0 Å². The second kappa shape index (κ2) is 4.08. The summed E-state index contributed by atoms with van der Waals surface area (Å²) in [6.45, 7) is 2.31. The smallest absolute Gasteiger partial charge is 0.248 e. The van der Waals surface area contributed by atoms with E-state index in [0.29, 0.717) is 6.54 Å². The minimum absolute atomic E-state index is 0.0524. The normalized spacial score (nSPS) is 22.7. The average Bonchev–Trinajstić information content (AvgIpc) is 1.99. The van der Waals surface area contributed by atoms with Gasteiger partial charge in [0.25, 0.3) is 0 Å². The van der Waals surface area contributed by atoms with Crippen LogP contribution in [0.15, 0.2) is 11.8 Å². The van der Waals surface area contributed by atoms with Crippen LogP contribution in [0.2, 0.25) is 0 Å². The molecule has 68 valence electrons. The number of hydrogen-bond acceptors (Lipinski definition) is 4. The van der Waals surface area contributed by atoms with Crippen molar-refractivity contribution in [3.05, 3.63) is 11.8 Å². The molecular weight excluding hydrogens is 158 g/mol. The highest BCUT2D eigenvalue weighted by atomic mass is 16.3. The van der Waals surface area contributed by atoms with Crippen LogP contribution >= 0.6 is 0 Å². The first kappa shape index (κ1) is 9.02. The molecule has 5 nitrogen and oxygen atoms in total. The zero-order valence-electron chi connectivity index (χ0n) is 6.92. The number of nitrogens with one attached hydrogen (secondary N) is 3. The van der Waals surface area contributed by atoms with Crippen LogP contribution in [0.4, 0.5) is 0 Å². The third-order valence-corrected chi connectivity index (χ3v) is 1.47. The lowest BCUT2D eigenvalue weighted by atomic mass is 10.3. The van der Waals surface area contributed by atoms with Gasteiger partial charge in [-0.2, -0.15) is 0 Å². The maximum Gasteiger partial charge on any atom is 0.248 e. The van der Waals surface area contributed by atoms with Gasteiger partial charge in [0.15, 0.2) is 6.29 Å². The van der Waals surface area contributed by atoms with Gasteiger partial charge in [-0.1, -0.05) is 0 Å². The second-order valence-corrected chi connectivity index (χ2v) is 2.59. The number of hydrogen-bond donors (Lipinski definition) is 4. The highest BCUT2D eigenvalue weighted by Gasteiger charge is 2.14. The van der Waals surface area contributed by atoms with Crippen molar-refractivity contribution in [3.63, 3.8) is 0 Å². The van der Waals surface area contributed by atoms with Crippen molar-refractivity contribution in [2.45, 2.75) is 13.2 Å². The number of carbonyl (C=O) groups is 1. The van der Waals surface area contributed by atoms with Gasteiger partial charge in [-0.05, 0) is 6.92 Å². The molecule has 1 unspecified atom stereocenters.